The second-order valence-corrected chi connectivity index (χ2v) is 6.86. The van der Waals surface area contributed by atoms with Crippen molar-refractivity contribution in [2.45, 2.75) is 6.92 Å². The maximum absolute atomic E-state index is 10.9. The average molecular weight is 396 g/mol. The van der Waals surface area contributed by atoms with Gasteiger partial charge in [-0.15, -0.1) is 0 Å². The van der Waals surface area contributed by atoms with E-state index in [1.165, 1.54) is 30.3 Å². The Morgan fingerprint density at radius 2 is 1.20 bits per heavy atom. The molecule has 25 heavy (non-hydrogen) atoms. The molecule has 0 aliphatic rings. The second-order valence-electron chi connectivity index (χ2n) is 5.58. The van der Waals surface area contributed by atoms with Gasteiger partial charge in [0.2, 0.25) is 0 Å². The number of phenolic OH excluding ortho intramolecular Hbond substituents is 3. The molecule has 0 aromatic heterocycles. The maximum atomic E-state index is 10.9. The molecule has 3 rings (SSSR count). The van der Waals surface area contributed by atoms with Crippen LogP contribution in [0.2, 0.25) is 15.1 Å². The van der Waals surface area contributed by atoms with Crippen molar-refractivity contribution in [1.82, 2.24) is 0 Å². The zero-order valence-corrected chi connectivity index (χ0v) is 15.3. The zero-order chi connectivity index (χ0) is 18.3. The molecule has 0 radical (unpaired) electrons. The van der Waals surface area contributed by atoms with Crippen LogP contribution in [0.5, 0.6) is 17.2 Å². The van der Waals surface area contributed by atoms with Gasteiger partial charge in [-0.1, -0.05) is 34.8 Å². The van der Waals surface area contributed by atoms with E-state index in [1.807, 2.05) is 0 Å². The normalized spacial score (nSPS) is 10.9. The van der Waals surface area contributed by atoms with E-state index in [2.05, 4.69) is 0 Å². The Morgan fingerprint density at radius 1 is 0.680 bits per heavy atom. The van der Waals surface area contributed by atoms with Crippen LogP contribution in [0.25, 0.3) is 22.3 Å². The first-order chi connectivity index (χ1) is 11.8. The lowest BCUT2D eigenvalue weighted by Gasteiger charge is -2.17. The van der Waals surface area contributed by atoms with Gasteiger partial charge in [0.1, 0.15) is 17.2 Å². The van der Waals surface area contributed by atoms with E-state index >= 15 is 0 Å². The molecule has 0 aliphatic carbocycles. The first-order valence-electron chi connectivity index (χ1n) is 7.29. The first kappa shape index (κ1) is 17.7. The SMILES string of the molecule is Cc1c(Cl)cc(-c2cc(Cl)ccc2O)c(O)c1-c1cc(Cl)ccc1O. The standard InChI is InChI=1S/C19H13Cl3O3/c1-9-15(22)8-13(12-6-10(20)2-4-16(12)23)19(25)18(9)14-7-11(21)3-5-17(14)24/h2-8,23-25H,1H3. The van der Waals surface area contributed by atoms with Crippen molar-refractivity contribution in [3.8, 4) is 39.5 Å². The van der Waals surface area contributed by atoms with Gasteiger partial charge in [0.05, 0.1) is 0 Å². The van der Waals surface area contributed by atoms with Crippen molar-refractivity contribution in [3.63, 3.8) is 0 Å². The van der Waals surface area contributed by atoms with Crippen molar-refractivity contribution in [1.29, 1.82) is 0 Å². The third-order valence-corrected chi connectivity index (χ3v) is 4.84. The van der Waals surface area contributed by atoms with Gasteiger partial charge in [0.15, 0.2) is 0 Å². The number of benzene rings is 3. The summed E-state index contributed by atoms with van der Waals surface area (Å²) in [5, 5.41) is 32.4. The van der Waals surface area contributed by atoms with Crippen LogP contribution < -0.4 is 0 Å². The monoisotopic (exact) mass is 394 g/mol. The molecule has 0 atom stereocenters. The third kappa shape index (κ3) is 3.23. The molecule has 0 heterocycles. The highest BCUT2D eigenvalue weighted by atomic mass is 35.5. The minimum Gasteiger partial charge on any atom is -0.507 e. The van der Waals surface area contributed by atoms with Gasteiger partial charge < -0.3 is 15.3 Å². The van der Waals surface area contributed by atoms with E-state index in [0.717, 1.165) is 0 Å². The fourth-order valence-electron chi connectivity index (χ4n) is 2.70. The van der Waals surface area contributed by atoms with E-state index in [4.69, 9.17) is 34.8 Å². The summed E-state index contributed by atoms with van der Waals surface area (Å²) < 4.78 is 0. The predicted octanol–water partition coefficient (Wildman–Crippen LogP) is 6.41. The molecular formula is C19H13Cl3O3. The Bertz CT molecular complexity index is 984. The summed E-state index contributed by atoms with van der Waals surface area (Å²) in [5.41, 5.74) is 1.87. The third-order valence-electron chi connectivity index (χ3n) is 3.97. The van der Waals surface area contributed by atoms with Gasteiger partial charge in [-0.3, -0.25) is 0 Å². The van der Waals surface area contributed by atoms with Gasteiger partial charge >= 0.3 is 0 Å². The molecule has 3 aromatic rings. The average Bonchev–Trinajstić information content (AvgIpc) is 2.57. The summed E-state index contributed by atoms with van der Waals surface area (Å²) in [4.78, 5) is 0. The van der Waals surface area contributed by atoms with Crippen molar-refractivity contribution < 1.29 is 15.3 Å². The largest absolute Gasteiger partial charge is 0.507 e. The van der Waals surface area contributed by atoms with E-state index < -0.39 is 0 Å². The Morgan fingerprint density at radius 3 is 1.80 bits per heavy atom. The zero-order valence-electron chi connectivity index (χ0n) is 13.0. The van der Waals surface area contributed by atoms with Crippen LogP contribution in [0.1, 0.15) is 5.56 Å². The number of hydrogen-bond acceptors (Lipinski definition) is 3. The summed E-state index contributed by atoms with van der Waals surface area (Å²) in [6, 6.07) is 10.6. The lowest BCUT2D eigenvalue weighted by molar-refractivity contribution is 0.466. The van der Waals surface area contributed by atoms with Crippen LogP contribution in [0.15, 0.2) is 42.5 Å². The fourth-order valence-corrected chi connectivity index (χ4v) is 3.25. The summed E-state index contributed by atoms with van der Waals surface area (Å²) in [5.74, 6) is -0.246. The summed E-state index contributed by atoms with van der Waals surface area (Å²) >= 11 is 18.4. The highest BCUT2D eigenvalue weighted by Gasteiger charge is 2.21. The number of phenols is 3. The van der Waals surface area contributed by atoms with Crippen molar-refractivity contribution in [2.75, 3.05) is 0 Å². The molecule has 0 bridgehead atoms. The quantitative estimate of drug-likeness (QED) is 0.470. The molecule has 0 saturated heterocycles. The predicted molar refractivity (Wildman–Crippen MR) is 102 cm³/mol. The van der Waals surface area contributed by atoms with Crippen LogP contribution in [-0.2, 0) is 0 Å². The molecule has 0 saturated carbocycles. The Kier molecular flexibility index (Phi) is 4.74. The summed E-state index contributed by atoms with van der Waals surface area (Å²) in [6.07, 6.45) is 0. The van der Waals surface area contributed by atoms with Crippen LogP contribution in [0, 0.1) is 6.92 Å². The summed E-state index contributed by atoms with van der Waals surface area (Å²) in [6.45, 7) is 1.72. The summed E-state index contributed by atoms with van der Waals surface area (Å²) in [7, 11) is 0. The minimum atomic E-state index is -0.142. The van der Waals surface area contributed by atoms with Gasteiger partial charge in [0, 0.05) is 37.3 Å². The fraction of sp³-hybridized carbons (Fsp3) is 0.0526. The number of rotatable bonds is 2. The lowest BCUT2D eigenvalue weighted by Crippen LogP contribution is -1.91. The number of aromatic hydroxyl groups is 3. The van der Waals surface area contributed by atoms with Crippen LogP contribution in [0.4, 0.5) is 0 Å². The molecular weight excluding hydrogens is 383 g/mol. The van der Waals surface area contributed by atoms with Crippen LogP contribution >= 0.6 is 34.8 Å². The van der Waals surface area contributed by atoms with Gasteiger partial charge in [0.25, 0.3) is 0 Å². The molecule has 0 amide bonds. The Hall–Kier alpha value is -2.07. The lowest BCUT2D eigenvalue weighted by atomic mass is 9.92. The van der Waals surface area contributed by atoms with Crippen molar-refractivity contribution in [3.05, 3.63) is 63.1 Å². The highest BCUT2D eigenvalue weighted by molar-refractivity contribution is 6.33. The highest BCUT2D eigenvalue weighted by Crippen LogP contribution is 2.48. The molecule has 6 heteroatoms. The van der Waals surface area contributed by atoms with Gasteiger partial charge in [-0.2, -0.15) is 0 Å². The van der Waals surface area contributed by atoms with Crippen LogP contribution in [-0.4, -0.2) is 15.3 Å². The first-order valence-corrected chi connectivity index (χ1v) is 8.43. The second kappa shape index (κ2) is 6.68. The molecule has 128 valence electrons. The molecule has 0 aliphatic heterocycles. The van der Waals surface area contributed by atoms with E-state index in [0.29, 0.717) is 42.9 Å². The number of halogens is 3. The van der Waals surface area contributed by atoms with E-state index in [-0.39, 0.29) is 17.2 Å². The number of hydrogen-bond donors (Lipinski definition) is 3. The Labute approximate surface area is 159 Å². The molecule has 3 aromatic carbocycles. The molecule has 0 spiro atoms. The van der Waals surface area contributed by atoms with Gasteiger partial charge in [-0.25, -0.2) is 0 Å². The molecule has 3 N–H and O–H groups in total. The molecule has 0 fully saturated rings. The topological polar surface area (TPSA) is 60.7 Å². The molecule has 0 unspecified atom stereocenters. The molecule has 3 nitrogen and oxygen atoms in total. The minimum absolute atomic E-state index is 0.0497. The van der Waals surface area contributed by atoms with Crippen LogP contribution in [0.3, 0.4) is 0 Å². The van der Waals surface area contributed by atoms with Gasteiger partial charge in [-0.05, 0) is 55.0 Å². The van der Waals surface area contributed by atoms with Crippen molar-refractivity contribution >= 4 is 34.8 Å². The van der Waals surface area contributed by atoms with Crippen molar-refractivity contribution in [2.24, 2.45) is 0 Å². The Balaban J connectivity index is 2.37. The van der Waals surface area contributed by atoms with E-state index in [9.17, 15) is 15.3 Å². The maximum Gasteiger partial charge on any atom is 0.131 e. The van der Waals surface area contributed by atoms with E-state index in [1.54, 1.807) is 19.1 Å². The smallest absolute Gasteiger partial charge is 0.131 e.